The molecule has 1 aromatic carbocycles. The zero-order chi connectivity index (χ0) is 12.7. The largest absolute Gasteiger partial charge is 0.476 e. The standard InChI is InChI=1S/C12H9N3O2S/c1-7-9(11(16)17)15-12(13-7)18-10(14-15)8-5-3-2-4-6-8/h2-6H,1H3,(H,16,17). The molecule has 5 nitrogen and oxygen atoms in total. The van der Waals surface area contributed by atoms with E-state index in [0.717, 1.165) is 10.6 Å². The molecule has 3 aromatic rings. The summed E-state index contributed by atoms with van der Waals surface area (Å²) in [5.41, 5.74) is 1.58. The molecular formula is C12H9N3O2S. The topological polar surface area (TPSA) is 67.5 Å². The van der Waals surface area contributed by atoms with Gasteiger partial charge in [-0.3, -0.25) is 0 Å². The van der Waals surface area contributed by atoms with Gasteiger partial charge in [-0.05, 0) is 6.92 Å². The summed E-state index contributed by atoms with van der Waals surface area (Å²) in [7, 11) is 0. The van der Waals surface area contributed by atoms with E-state index in [2.05, 4.69) is 10.1 Å². The predicted octanol–water partition coefficient (Wildman–Crippen LogP) is 2.46. The van der Waals surface area contributed by atoms with Gasteiger partial charge in [-0.15, -0.1) is 0 Å². The minimum Gasteiger partial charge on any atom is -0.476 e. The molecule has 0 unspecified atom stereocenters. The molecule has 0 fully saturated rings. The van der Waals surface area contributed by atoms with Crippen LogP contribution in [0.1, 0.15) is 16.2 Å². The number of rotatable bonds is 2. The third-order valence-electron chi connectivity index (χ3n) is 2.60. The number of fused-ring (bicyclic) bond motifs is 1. The Hall–Kier alpha value is -2.21. The molecule has 0 aliphatic carbocycles. The Morgan fingerprint density at radius 3 is 2.72 bits per heavy atom. The van der Waals surface area contributed by atoms with Crippen LogP contribution in [0.5, 0.6) is 0 Å². The smallest absolute Gasteiger partial charge is 0.356 e. The van der Waals surface area contributed by atoms with Gasteiger partial charge in [0, 0.05) is 5.56 Å². The quantitative estimate of drug-likeness (QED) is 0.767. The van der Waals surface area contributed by atoms with Crippen LogP contribution < -0.4 is 0 Å². The van der Waals surface area contributed by atoms with Crippen LogP contribution in [0.4, 0.5) is 0 Å². The molecule has 6 heteroatoms. The Labute approximate surface area is 106 Å². The van der Waals surface area contributed by atoms with E-state index in [-0.39, 0.29) is 5.69 Å². The number of benzene rings is 1. The highest BCUT2D eigenvalue weighted by Crippen LogP contribution is 2.26. The summed E-state index contributed by atoms with van der Waals surface area (Å²) in [5, 5.41) is 14.2. The highest BCUT2D eigenvalue weighted by molar-refractivity contribution is 7.19. The number of aromatic nitrogens is 3. The van der Waals surface area contributed by atoms with E-state index in [1.807, 2.05) is 30.3 Å². The summed E-state index contributed by atoms with van der Waals surface area (Å²) in [6.45, 7) is 1.67. The summed E-state index contributed by atoms with van der Waals surface area (Å²) < 4.78 is 1.39. The summed E-state index contributed by atoms with van der Waals surface area (Å²) >= 11 is 1.38. The zero-order valence-corrected chi connectivity index (χ0v) is 10.3. The van der Waals surface area contributed by atoms with Gasteiger partial charge in [-0.25, -0.2) is 9.78 Å². The van der Waals surface area contributed by atoms with Crippen LogP contribution in [-0.2, 0) is 0 Å². The van der Waals surface area contributed by atoms with E-state index in [1.165, 1.54) is 15.9 Å². The molecule has 0 aliphatic heterocycles. The minimum absolute atomic E-state index is 0.128. The van der Waals surface area contributed by atoms with Crippen molar-refractivity contribution in [2.24, 2.45) is 0 Å². The van der Waals surface area contributed by atoms with E-state index >= 15 is 0 Å². The molecule has 0 aliphatic rings. The van der Waals surface area contributed by atoms with Gasteiger partial charge in [-0.1, -0.05) is 41.7 Å². The fourth-order valence-corrected chi connectivity index (χ4v) is 2.74. The number of carboxylic acids is 1. The third kappa shape index (κ3) is 1.58. The molecular weight excluding hydrogens is 250 g/mol. The zero-order valence-electron chi connectivity index (χ0n) is 9.49. The van der Waals surface area contributed by atoms with E-state index in [1.54, 1.807) is 6.92 Å². The summed E-state index contributed by atoms with van der Waals surface area (Å²) in [5.74, 6) is -1.01. The van der Waals surface area contributed by atoms with E-state index < -0.39 is 5.97 Å². The summed E-state index contributed by atoms with van der Waals surface area (Å²) in [6, 6.07) is 9.64. The number of imidazole rings is 1. The monoisotopic (exact) mass is 259 g/mol. The molecule has 2 aromatic heterocycles. The Morgan fingerprint density at radius 2 is 2.06 bits per heavy atom. The lowest BCUT2D eigenvalue weighted by atomic mass is 10.2. The second-order valence-electron chi connectivity index (χ2n) is 3.82. The van der Waals surface area contributed by atoms with E-state index in [0.29, 0.717) is 10.7 Å². The summed E-state index contributed by atoms with van der Waals surface area (Å²) in [4.78, 5) is 16.0. The van der Waals surface area contributed by atoms with Gasteiger partial charge in [0.25, 0.3) is 0 Å². The SMILES string of the molecule is Cc1nc2sc(-c3ccccc3)nn2c1C(=O)O. The normalized spacial score (nSPS) is 10.9. The van der Waals surface area contributed by atoms with Gasteiger partial charge in [0.05, 0.1) is 5.69 Å². The number of carboxylic acid groups (broad SMARTS) is 1. The van der Waals surface area contributed by atoms with Crippen molar-refractivity contribution in [2.75, 3.05) is 0 Å². The van der Waals surface area contributed by atoms with Crippen molar-refractivity contribution in [3.63, 3.8) is 0 Å². The fraction of sp³-hybridized carbons (Fsp3) is 0.0833. The number of hydrogen-bond acceptors (Lipinski definition) is 4. The van der Waals surface area contributed by atoms with Crippen LogP contribution in [0.15, 0.2) is 30.3 Å². The van der Waals surface area contributed by atoms with Gasteiger partial charge in [-0.2, -0.15) is 9.61 Å². The highest BCUT2D eigenvalue weighted by Gasteiger charge is 2.19. The van der Waals surface area contributed by atoms with Gasteiger partial charge in [0.1, 0.15) is 5.01 Å². The Bertz CT molecular complexity index is 730. The number of aryl methyl sites for hydroxylation is 1. The molecule has 0 atom stereocenters. The van der Waals surface area contributed by atoms with Crippen molar-refractivity contribution in [1.82, 2.24) is 14.6 Å². The van der Waals surface area contributed by atoms with E-state index in [9.17, 15) is 4.79 Å². The van der Waals surface area contributed by atoms with Crippen molar-refractivity contribution in [2.45, 2.75) is 6.92 Å². The fourth-order valence-electron chi connectivity index (χ4n) is 1.79. The molecule has 1 N–H and O–H groups in total. The molecule has 3 rings (SSSR count). The first-order valence-corrected chi connectivity index (χ1v) is 6.13. The molecule has 0 saturated carbocycles. The Balaban J connectivity index is 2.21. The summed E-state index contributed by atoms with van der Waals surface area (Å²) in [6.07, 6.45) is 0. The van der Waals surface area contributed by atoms with Crippen LogP contribution in [0, 0.1) is 6.92 Å². The van der Waals surface area contributed by atoms with Crippen LogP contribution in [0.25, 0.3) is 15.5 Å². The number of carbonyl (C=O) groups is 1. The predicted molar refractivity (Wildman–Crippen MR) is 68.0 cm³/mol. The van der Waals surface area contributed by atoms with Crippen LogP contribution in [0.3, 0.4) is 0 Å². The second-order valence-corrected chi connectivity index (χ2v) is 4.77. The molecule has 0 radical (unpaired) electrons. The first kappa shape index (κ1) is 10.9. The Morgan fingerprint density at radius 1 is 1.33 bits per heavy atom. The molecule has 0 amide bonds. The minimum atomic E-state index is -1.01. The lowest BCUT2D eigenvalue weighted by Gasteiger charge is -1.94. The van der Waals surface area contributed by atoms with Gasteiger partial charge in [0.2, 0.25) is 4.96 Å². The number of nitrogens with zero attached hydrogens (tertiary/aromatic N) is 3. The average molecular weight is 259 g/mol. The van der Waals surface area contributed by atoms with Crippen LogP contribution in [-0.4, -0.2) is 25.7 Å². The number of hydrogen-bond donors (Lipinski definition) is 1. The van der Waals surface area contributed by atoms with E-state index in [4.69, 9.17) is 5.11 Å². The molecule has 0 saturated heterocycles. The van der Waals surface area contributed by atoms with Crippen molar-refractivity contribution in [1.29, 1.82) is 0 Å². The molecule has 0 spiro atoms. The third-order valence-corrected chi connectivity index (χ3v) is 3.56. The first-order valence-electron chi connectivity index (χ1n) is 5.31. The lowest BCUT2D eigenvalue weighted by molar-refractivity contribution is 0.0687. The van der Waals surface area contributed by atoms with Crippen molar-refractivity contribution < 1.29 is 9.90 Å². The number of aromatic carboxylic acids is 1. The van der Waals surface area contributed by atoms with Crippen LogP contribution in [0.2, 0.25) is 0 Å². The lowest BCUT2D eigenvalue weighted by Crippen LogP contribution is -2.04. The maximum atomic E-state index is 11.1. The maximum absolute atomic E-state index is 11.1. The van der Waals surface area contributed by atoms with Gasteiger partial charge < -0.3 is 5.11 Å². The molecule has 0 bridgehead atoms. The van der Waals surface area contributed by atoms with Crippen molar-refractivity contribution in [3.05, 3.63) is 41.7 Å². The van der Waals surface area contributed by atoms with Crippen molar-refractivity contribution in [3.8, 4) is 10.6 Å². The second kappa shape index (κ2) is 3.92. The average Bonchev–Trinajstić information content (AvgIpc) is 2.85. The highest BCUT2D eigenvalue weighted by atomic mass is 32.1. The maximum Gasteiger partial charge on any atom is 0.356 e. The molecule has 18 heavy (non-hydrogen) atoms. The van der Waals surface area contributed by atoms with Crippen LogP contribution >= 0.6 is 11.3 Å². The first-order chi connectivity index (χ1) is 8.66. The van der Waals surface area contributed by atoms with Gasteiger partial charge in [0.15, 0.2) is 5.69 Å². The molecule has 90 valence electrons. The Kier molecular flexibility index (Phi) is 2.38. The van der Waals surface area contributed by atoms with Crippen molar-refractivity contribution >= 4 is 22.3 Å². The van der Waals surface area contributed by atoms with Gasteiger partial charge >= 0.3 is 5.97 Å². The molecule has 2 heterocycles.